The molecular weight excluding hydrogens is 410 g/mol. The van der Waals surface area contributed by atoms with E-state index < -0.39 is 10.0 Å². The molecule has 0 atom stereocenters. The second-order valence-corrected chi connectivity index (χ2v) is 8.89. The molecule has 3 aromatic rings. The van der Waals surface area contributed by atoms with Gasteiger partial charge >= 0.3 is 0 Å². The number of pyridine rings is 1. The quantitative estimate of drug-likeness (QED) is 0.552. The fraction of sp³-hybridized carbons (Fsp3) is 0.300. The lowest BCUT2D eigenvalue weighted by atomic mass is 10.3. The van der Waals surface area contributed by atoms with Crippen LogP contribution in [-0.4, -0.2) is 31.6 Å². The Morgan fingerprint density at radius 2 is 1.93 bits per heavy atom. The maximum absolute atomic E-state index is 12.9. The Hall–Kier alpha value is -2.49. The molecule has 0 radical (unpaired) electrons. The van der Waals surface area contributed by atoms with Gasteiger partial charge in [-0.25, -0.2) is 18.1 Å². The van der Waals surface area contributed by atoms with Crippen molar-refractivity contribution in [3.8, 4) is 22.1 Å². The molecule has 0 aliphatic rings. The number of thiazole rings is 1. The molecule has 9 heteroatoms. The Labute approximate surface area is 174 Å². The van der Waals surface area contributed by atoms with Crippen molar-refractivity contribution < 1.29 is 17.9 Å². The number of hydrogen-bond donors (Lipinski definition) is 1. The normalized spacial score (nSPS) is 11.4. The molecule has 154 valence electrons. The van der Waals surface area contributed by atoms with Crippen LogP contribution in [0.1, 0.15) is 24.4 Å². The highest BCUT2D eigenvalue weighted by Gasteiger charge is 2.21. The molecule has 7 nitrogen and oxygen atoms in total. The molecule has 2 heterocycles. The van der Waals surface area contributed by atoms with E-state index >= 15 is 0 Å². The summed E-state index contributed by atoms with van der Waals surface area (Å²) >= 11 is 1.44. The van der Waals surface area contributed by atoms with Crippen LogP contribution in [0.25, 0.3) is 10.6 Å². The zero-order valence-electron chi connectivity index (χ0n) is 16.5. The lowest BCUT2D eigenvalue weighted by molar-refractivity contribution is 0.317. The largest absolute Gasteiger partial charge is 0.494 e. The third-order valence-corrected chi connectivity index (χ3v) is 6.69. The van der Waals surface area contributed by atoms with Crippen molar-refractivity contribution in [2.45, 2.75) is 32.2 Å². The zero-order chi connectivity index (χ0) is 20.9. The van der Waals surface area contributed by atoms with Crippen LogP contribution in [0.15, 0.2) is 47.6 Å². The smallest absolute Gasteiger partial charge is 0.244 e. The summed E-state index contributed by atoms with van der Waals surface area (Å²) in [6.07, 6.45) is 3.44. The van der Waals surface area contributed by atoms with Gasteiger partial charge in [0.1, 0.15) is 21.4 Å². The predicted octanol–water partition coefficient (Wildman–Crippen LogP) is 3.79. The first-order chi connectivity index (χ1) is 13.9. The second kappa shape index (κ2) is 9.34. The summed E-state index contributed by atoms with van der Waals surface area (Å²) in [6.45, 7) is 6.51. The number of nitrogens with one attached hydrogen (secondary N) is 1. The van der Waals surface area contributed by atoms with Gasteiger partial charge in [0.05, 0.1) is 18.9 Å². The summed E-state index contributed by atoms with van der Waals surface area (Å²) in [7, 11) is -3.78. The third-order valence-electron chi connectivity index (χ3n) is 4.04. The van der Waals surface area contributed by atoms with E-state index in [1.54, 1.807) is 31.5 Å². The highest BCUT2D eigenvalue weighted by atomic mass is 32.2. The van der Waals surface area contributed by atoms with Crippen molar-refractivity contribution >= 4 is 21.4 Å². The predicted molar refractivity (Wildman–Crippen MR) is 113 cm³/mol. The van der Waals surface area contributed by atoms with Crippen LogP contribution >= 0.6 is 11.3 Å². The Morgan fingerprint density at radius 3 is 2.62 bits per heavy atom. The minimum atomic E-state index is -3.78. The SMILES string of the molecule is CCOc1ccc(S(=O)(=O)NCc2sc(-c3cccnc3)nc2C)c(OCC)c1. The fourth-order valence-electron chi connectivity index (χ4n) is 2.68. The molecule has 0 unspecified atom stereocenters. The number of hydrogen-bond acceptors (Lipinski definition) is 7. The number of ether oxygens (including phenoxy) is 2. The van der Waals surface area contributed by atoms with Gasteiger partial charge in [0.2, 0.25) is 10.0 Å². The van der Waals surface area contributed by atoms with E-state index in [1.807, 2.05) is 26.0 Å². The standard InChI is InChI=1S/C20H23N3O4S2/c1-4-26-16-8-9-19(17(11-16)27-5-2)29(24,25)22-13-18-14(3)23-20(28-18)15-7-6-10-21-12-15/h6-12,22H,4-5,13H2,1-3H3. The van der Waals surface area contributed by atoms with Gasteiger partial charge in [-0.1, -0.05) is 0 Å². The molecule has 1 N–H and O–H groups in total. The number of benzene rings is 1. The number of sulfonamides is 1. The molecule has 0 saturated heterocycles. The molecule has 1 aromatic carbocycles. The molecule has 2 aromatic heterocycles. The summed E-state index contributed by atoms with van der Waals surface area (Å²) in [5, 5.41) is 0.806. The van der Waals surface area contributed by atoms with Crippen molar-refractivity contribution in [2.24, 2.45) is 0 Å². The highest BCUT2D eigenvalue weighted by molar-refractivity contribution is 7.89. The van der Waals surface area contributed by atoms with E-state index in [0.29, 0.717) is 19.0 Å². The molecule has 0 saturated carbocycles. The summed E-state index contributed by atoms with van der Waals surface area (Å²) < 4.78 is 39.4. The van der Waals surface area contributed by atoms with E-state index in [1.165, 1.54) is 17.4 Å². The average molecular weight is 434 g/mol. The minimum absolute atomic E-state index is 0.0810. The monoisotopic (exact) mass is 433 g/mol. The van der Waals surface area contributed by atoms with Gasteiger partial charge in [-0.15, -0.1) is 11.3 Å². The molecule has 29 heavy (non-hydrogen) atoms. The topological polar surface area (TPSA) is 90.4 Å². The molecular formula is C20H23N3O4S2. The average Bonchev–Trinajstić information content (AvgIpc) is 3.08. The highest BCUT2D eigenvalue weighted by Crippen LogP contribution is 2.30. The Balaban J connectivity index is 1.81. The van der Waals surface area contributed by atoms with E-state index in [-0.39, 0.29) is 17.2 Å². The number of rotatable bonds is 9. The maximum Gasteiger partial charge on any atom is 0.244 e. The van der Waals surface area contributed by atoms with Gasteiger partial charge in [-0.2, -0.15) is 0 Å². The molecule has 0 spiro atoms. The second-order valence-electron chi connectivity index (χ2n) is 6.07. The maximum atomic E-state index is 12.9. The molecule has 0 aliphatic heterocycles. The van der Waals surface area contributed by atoms with Crippen LogP contribution in [0.4, 0.5) is 0 Å². The summed E-state index contributed by atoms with van der Waals surface area (Å²) in [6, 6.07) is 8.49. The molecule has 0 bridgehead atoms. The van der Waals surface area contributed by atoms with Gasteiger partial charge in [0, 0.05) is 35.4 Å². The van der Waals surface area contributed by atoms with Gasteiger partial charge in [0.25, 0.3) is 0 Å². The molecule has 0 fully saturated rings. The Bertz CT molecular complexity index is 1070. The van der Waals surface area contributed by atoms with Crippen molar-refractivity contribution in [3.05, 3.63) is 53.3 Å². The van der Waals surface area contributed by atoms with Crippen molar-refractivity contribution in [1.29, 1.82) is 0 Å². The van der Waals surface area contributed by atoms with Gasteiger partial charge < -0.3 is 9.47 Å². The summed E-state index contributed by atoms with van der Waals surface area (Å²) in [4.78, 5) is 9.56. The van der Waals surface area contributed by atoms with Crippen LogP contribution in [0.5, 0.6) is 11.5 Å². The number of nitrogens with zero attached hydrogens (tertiary/aromatic N) is 2. The van der Waals surface area contributed by atoms with E-state index in [0.717, 1.165) is 21.1 Å². The third kappa shape index (κ3) is 5.11. The molecule has 0 aliphatic carbocycles. The summed E-state index contributed by atoms with van der Waals surface area (Å²) in [5.41, 5.74) is 1.69. The number of aromatic nitrogens is 2. The van der Waals surface area contributed by atoms with E-state index in [4.69, 9.17) is 9.47 Å². The van der Waals surface area contributed by atoms with Crippen LogP contribution in [0, 0.1) is 6.92 Å². The lowest BCUT2D eigenvalue weighted by Crippen LogP contribution is -2.23. The van der Waals surface area contributed by atoms with Gasteiger partial charge in [-0.3, -0.25) is 4.98 Å². The molecule has 3 rings (SSSR count). The van der Waals surface area contributed by atoms with Crippen molar-refractivity contribution in [2.75, 3.05) is 13.2 Å². The zero-order valence-corrected chi connectivity index (χ0v) is 18.1. The Morgan fingerprint density at radius 1 is 1.14 bits per heavy atom. The van der Waals surface area contributed by atoms with E-state index in [9.17, 15) is 8.42 Å². The number of aryl methyl sites for hydroxylation is 1. The van der Waals surface area contributed by atoms with Crippen molar-refractivity contribution in [3.63, 3.8) is 0 Å². The first kappa shape index (κ1) is 21.2. The fourth-order valence-corrected chi connectivity index (χ4v) is 4.88. The first-order valence-electron chi connectivity index (χ1n) is 9.20. The van der Waals surface area contributed by atoms with Crippen LogP contribution in [0.2, 0.25) is 0 Å². The van der Waals surface area contributed by atoms with Gasteiger partial charge in [0.15, 0.2) is 0 Å². The van der Waals surface area contributed by atoms with Crippen LogP contribution < -0.4 is 14.2 Å². The van der Waals surface area contributed by atoms with Crippen LogP contribution in [-0.2, 0) is 16.6 Å². The first-order valence-corrected chi connectivity index (χ1v) is 11.5. The van der Waals surface area contributed by atoms with Crippen LogP contribution in [0.3, 0.4) is 0 Å². The minimum Gasteiger partial charge on any atom is -0.494 e. The lowest BCUT2D eigenvalue weighted by Gasteiger charge is -2.13. The Kier molecular flexibility index (Phi) is 6.83. The van der Waals surface area contributed by atoms with E-state index in [2.05, 4.69) is 14.7 Å². The summed E-state index contributed by atoms with van der Waals surface area (Å²) in [5.74, 6) is 0.831. The van der Waals surface area contributed by atoms with Gasteiger partial charge in [-0.05, 0) is 45.0 Å². The molecule has 0 amide bonds. The van der Waals surface area contributed by atoms with Crippen molar-refractivity contribution in [1.82, 2.24) is 14.7 Å².